The first-order valence-corrected chi connectivity index (χ1v) is 6.84. The maximum Gasteiger partial charge on any atom is 0.307 e. The average molecular weight is 268 g/mol. The van der Waals surface area contributed by atoms with Crippen molar-refractivity contribution >= 4 is 5.97 Å². The maximum absolute atomic E-state index is 10.5. The molecule has 0 unspecified atom stereocenters. The van der Waals surface area contributed by atoms with Gasteiger partial charge in [-0.2, -0.15) is 0 Å². The molecule has 3 heteroatoms. The summed E-state index contributed by atoms with van der Waals surface area (Å²) in [6, 6.07) is 5.84. The average Bonchev–Trinajstić information content (AvgIpc) is 2.43. The molecule has 3 nitrogen and oxygen atoms in total. The largest absolute Gasteiger partial charge is 0.481 e. The number of carboxylic acids is 1. The van der Waals surface area contributed by atoms with Gasteiger partial charge in [0.25, 0.3) is 0 Å². The normalized spacial score (nSPS) is 8.74. The molecule has 1 rings (SSSR count). The molecule has 1 aromatic rings. The summed E-state index contributed by atoms with van der Waals surface area (Å²) in [5.41, 5.74) is 3.35. The van der Waals surface area contributed by atoms with Gasteiger partial charge in [-0.25, -0.2) is 0 Å². The van der Waals surface area contributed by atoms with Gasteiger partial charge >= 0.3 is 5.97 Å². The first kappa shape index (κ1) is 20.0. The molecule has 0 heterocycles. The molecule has 0 aliphatic carbocycles. The quantitative estimate of drug-likeness (QED) is 0.901. The number of hydrogen-bond acceptors (Lipinski definition) is 2. The van der Waals surface area contributed by atoms with Crippen LogP contribution >= 0.6 is 0 Å². The van der Waals surface area contributed by atoms with Crippen LogP contribution in [0.15, 0.2) is 18.2 Å². The Morgan fingerprint density at radius 3 is 2.16 bits per heavy atom. The predicted molar refractivity (Wildman–Crippen MR) is 80.8 cm³/mol. The zero-order valence-electron chi connectivity index (χ0n) is 13.1. The summed E-state index contributed by atoms with van der Waals surface area (Å²) >= 11 is 0. The second-order valence-corrected chi connectivity index (χ2v) is 3.76. The lowest BCUT2D eigenvalue weighted by Crippen LogP contribution is -2.01. The number of carboxylic acid groups (broad SMARTS) is 1. The summed E-state index contributed by atoms with van der Waals surface area (Å²) in [7, 11) is 1.68. The number of aryl methyl sites for hydroxylation is 2. The molecule has 0 aromatic heterocycles. The Morgan fingerprint density at radius 1 is 1.26 bits per heavy atom. The monoisotopic (exact) mass is 268 g/mol. The Labute approximate surface area is 117 Å². The highest BCUT2D eigenvalue weighted by molar-refractivity contribution is 5.70. The number of benzene rings is 1. The second kappa shape index (κ2) is 13.1. The fourth-order valence-corrected chi connectivity index (χ4v) is 1.39. The Balaban J connectivity index is 0. The van der Waals surface area contributed by atoms with Gasteiger partial charge in [0.15, 0.2) is 0 Å². The molecule has 0 atom stereocenters. The van der Waals surface area contributed by atoms with E-state index in [1.165, 1.54) is 11.1 Å². The first-order chi connectivity index (χ1) is 9.04. The Bertz CT molecular complexity index is 344. The van der Waals surface area contributed by atoms with Crippen molar-refractivity contribution in [2.45, 2.75) is 47.5 Å². The van der Waals surface area contributed by atoms with Crippen LogP contribution in [-0.2, 0) is 22.4 Å². The molecule has 0 bridgehead atoms. The minimum atomic E-state index is -0.772. The Hall–Kier alpha value is -1.35. The van der Waals surface area contributed by atoms with Gasteiger partial charge in [-0.15, -0.1) is 0 Å². The van der Waals surface area contributed by atoms with Crippen molar-refractivity contribution in [3.8, 4) is 0 Å². The Kier molecular flexibility index (Phi) is 13.8. The third-order valence-corrected chi connectivity index (χ3v) is 2.44. The van der Waals surface area contributed by atoms with Crippen LogP contribution in [0.4, 0.5) is 0 Å². The van der Waals surface area contributed by atoms with E-state index in [1.807, 2.05) is 45.9 Å². The van der Waals surface area contributed by atoms with E-state index in [9.17, 15) is 4.79 Å². The number of aliphatic carboxylic acids is 1. The highest BCUT2D eigenvalue weighted by Crippen LogP contribution is 2.12. The van der Waals surface area contributed by atoms with E-state index in [-0.39, 0.29) is 6.42 Å². The van der Waals surface area contributed by atoms with Crippen LogP contribution in [0.2, 0.25) is 0 Å². The molecule has 19 heavy (non-hydrogen) atoms. The van der Waals surface area contributed by atoms with Gasteiger partial charge in [0.05, 0.1) is 6.42 Å². The number of rotatable bonds is 4. The van der Waals surface area contributed by atoms with Gasteiger partial charge in [0, 0.05) is 13.7 Å². The molecule has 1 N–H and O–H groups in total. The van der Waals surface area contributed by atoms with E-state index in [0.717, 1.165) is 18.6 Å². The van der Waals surface area contributed by atoms with Crippen molar-refractivity contribution in [3.05, 3.63) is 34.9 Å². The van der Waals surface area contributed by atoms with Gasteiger partial charge in [-0.1, -0.05) is 39.0 Å². The summed E-state index contributed by atoms with van der Waals surface area (Å²) in [6.45, 7) is 10.9. The summed E-state index contributed by atoms with van der Waals surface area (Å²) in [5, 5.41) is 8.60. The first-order valence-electron chi connectivity index (χ1n) is 6.84. The van der Waals surface area contributed by atoms with Gasteiger partial charge in [0.1, 0.15) is 0 Å². The smallest absolute Gasteiger partial charge is 0.307 e. The van der Waals surface area contributed by atoms with Crippen molar-refractivity contribution < 1.29 is 14.6 Å². The lowest BCUT2D eigenvalue weighted by molar-refractivity contribution is -0.136. The number of methoxy groups -OCH3 is 1. The fourth-order valence-electron chi connectivity index (χ4n) is 1.39. The predicted octanol–water partition coefficient (Wildman–Crippen LogP) is 3.86. The third-order valence-electron chi connectivity index (χ3n) is 2.44. The molecular formula is C16H28O3. The molecule has 0 amide bonds. The Morgan fingerprint density at radius 2 is 1.79 bits per heavy atom. The zero-order chi connectivity index (χ0) is 15.3. The lowest BCUT2D eigenvalue weighted by atomic mass is 10.0. The molecular weight excluding hydrogens is 240 g/mol. The van der Waals surface area contributed by atoms with Crippen LogP contribution in [0.25, 0.3) is 0 Å². The molecule has 0 spiro atoms. The molecule has 110 valence electrons. The molecule has 0 radical (unpaired) electrons. The van der Waals surface area contributed by atoms with Gasteiger partial charge in [-0.05, 0) is 37.0 Å². The van der Waals surface area contributed by atoms with Crippen LogP contribution in [0.1, 0.15) is 44.4 Å². The van der Waals surface area contributed by atoms with E-state index < -0.39 is 5.97 Å². The van der Waals surface area contributed by atoms with Gasteiger partial charge in [-0.3, -0.25) is 4.79 Å². The summed E-state index contributed by atoms with van der Waals surface area (Å²) in [4.78, 5) is 10.5. The highest BCUT2D eigenvalue weighted by Gasteiger charge is 2.02. The highest BCUT2D eigenvalue weighted by atomic mass is 16.5. The van der Waals surface area contributed by atoms with Crippen molar-refractivity contribution in [3.63, 3.8) is 0 Å². The van der Waals surface area contributed by atoms with Crippen LogP contribution in [0.3, 0.4) is 0 Å². The van der Waals surface area contributed by atoms with Crippen LogP contribution in [0.5, 0.6) is 0 Å². The molecule has 1 aromatic carbocycles. The van der Waals surface area contributed by atoms with Crippen molar-refractivity contribution in [2.24, 2.45) is 0 Å². The molecule has 0 saturated carbocycles. The van der Waals surface area contributed by atoms with E-state index in [1.54, 1.807) is 7.11 Å². The molecule has 0 fully saturated rings. The molecule has 0 aliphatic rings. The zero-order valence-corrected chi connectivity index (χ0v) is 13.1. The van der Waals surface area contributed by atoms with E-state index in [2.05, 4.69) is 11.7 Å². The van der Waals surface area contributed by atoms with Crippen molar-refractivity contribution in [2.75, 3.05) is 13.7 Å². The maximum atomic E-state index is 10.5. The van der Waals surface area contributed by atoms with Crippen molar-refractivity contribution in [1.29, 1.82) is 0 Å². The lowest BCUT2D eigenvalue weighted by Gasteiger charge is -2.04. The third kappa shape index (κ3) is 10.3. The summed E-state index contributed by atoms with van der Waals surface area (Å²) in [6.07, 6.45) is 1.08. The summed E-state index contributed by atoms with van der Waals surface area (Å²) < 4.78 is 4.54. The van der Waals surface area contributed by atoms with Crippen LogP contribution in [-0.4, -0.2) is 24.8 Å². The topological polar surface area (TPSA) is 46.5 Å². The van der Waals surface area contributed by atoms with E-state index in [4.69, 9.17) is 5.11 Å². The number of carbonyl (C=O) groups is 1. The standard InChI is InChI=1S/C11H14O2.C3H8O.C2H6/c1-3-10-6-9(7-11(12)13)5-4-8(10)2;1-3-4-2;1-2/h4-6H,3,7H2,1-2H3,(H,12,13);3H2,1-2H3;1-2H3. The SMILES string of the molecule is CC.CCOC.CCc1cc(CC(=O)O)ccc1C. The van der Waals surface area contributed by atoms with E-state index >= 15 is 0 Å². The summed E-state index contributed by atoms with van der Waals surface area (Å²) in [5.74, 6) is -0.772. The number of hydrogen-bond donors (Lipinski definition) is 1. The molecule has 0 aliphatic heterocycles. The minimum Gasteiger partial charge on any atom is -0.481 e. The second-order valence-electron chi connectivity index (χ2n) is 3.76. The fraction of sp³-hybridized carbons (Fsp3) is 0.562. The van der Waals surface area contributed by atoms with Crippen molar-refractivity contribution in [1.82, 2.24) is 0 Å². The van der Waals surface area contributed by atoms with Gasteiger partial charge < -0.3 is 9.84 Å². The van der Waals surface area contributed by atoms with Gasteiger partial charge in [0.2, 0.25) is 0 Å². The van der Waals surface area contributed by atoms with Crippen LogP contribution < -0.4 is 0 Å². The van der Waals surface area contributed by atoms with E-state index in [0.29, 0.717) is 0 Å². The molecule has 0 saturated heterocycles. The van der Waals surface area contributed by atoms with Crippen LogP contribution in [0, 0.1) is 6.92 Å². The minimum absolute atomic E-state index is 0.118. The number of ether oxygens (including phenoxy) is 1.